The average Bonchev–Trinajstić information content (AvgIpc) is 2.85. The summed E-state index contributed by atoms with van der Waals surface area (Å²) in [6.07, 6.45) is 5.06. The number of anilines is 3. The number of hydrogen-bond donors (Lipinski definition) is 1. The molecule has 2 fully saturated rings. The predicted molar refractivity (Wildman–Crippen MR) is 133 cm³/mol. The Labute approximate surface area is 199 Å². The number of rotatable bonds is 5. The molecule has 2 aromatic heterocycles. The van der Waals surface area contributed by atoms with Crippen molar-refractivity contribution in [2.75, 3.05) is 70.7 Å². The molecule has 0 saturated carbocycles. The number of benzene rings is 1. The fraction of sp³-hybridized carbons (Fsp3) is 0.500. The maximum Gasteiger partial charge on any atom is 0.349 e. The van der Waals surface area contributed by atoms with Crippen molar-refractivity contribution < 1.29 is 4.74 Å². The molecule has 10 heteroatoms. The normalized spacial score (nSPS) is 18.4. The highest BCUT2D eigenvalue weighted by molar-refractivity contribution is 5.76. The molecular weight excluding hydrogens is 432 g/mol. The largest absolute Gasteiger partial charge is 0.494 e. The van der Waals surface area contributed by atoms with Crippen molar-refractivity contribution in [3.05, 3.63) is 41.1 Å². The Kier molecular flexibility index (Phi) is 6.34. The molecule has 180 valence electrons. The number of aromatic nitrogens is 4. The maximum atomic E-state index is 12.7. The summed E-state index contributed by atoms with van der Waals surface area (Å²) in [5.41, 5.74) is 2.26. The van der Waals surface area contributed by atoms with E-state index in [1.807, 2.05) is 12.1 Å². The first-order chi connectivity index (χ1) is 16.5. The van der Waals surface area contributed by atoms with Gasteiger partial charge in [-0.15, -0.1) is 0 Å². The van der Waals surface area contributed by atoms with Crippen LogP contribution >= 0.6 is 0 Å². The first-order valence-electron chi connectivity index (χ1n) is 11.8. The average molecular weight is 465 g/mol. The third kappa shape index (κ3) is 4.55. The van der Waals surface area contributed by atoms with Gasteiger partial charge in [0.25, 0.3) is 0 Å². The third-order valence-corrected chi connectivity index (χ3v) is 6.90. The van der Waals surface area contributed by atoms with Crippen molar-refractivity contribution in [1.82, 2.24) is 29.3 Å². The first kappa shape index (κ1) is 22.5. The molecule has 1 N–H and O–H groups in total. The molecule has 34 heavy (non-hydrogen) atoms. The quantitative estimate of drug-likeness (QED) is 0.608. The smallest absolute Gasteiger partial charge is 0.349 e. The first-order valence-corrected chi connectivity index (χ1v) is 11.8. The lowest BCUT2D eigenvalue weighted by Crippen LogP contribution is -2.44. The Balaban J connectivity index is 1.43. The Hall–Kier alpha value is -3.24. The van der Waals surface area contributed by atoms with Crippen LogP contribution in [0.2, 0.25) is 0 Å². The van der Waals surface area contributed by atoms with Gasteiger partial charge in [0.2, 0.25) is 5.95 Å². The second-order valence-corrected chi connectivity index (χ2v) is 9.22. The molecule has 0 spiro atoms. The van der Waals surface area contributed by atoms with Gasteiger partial charge < -0.3 is 24.8 Å². The Morgan fingerprint density at radius 1 is 0.971 bits per heavy atom. The number of likely N-dealkylation sites (tertiary alicyclic amines) is 1. The van der Waals surface area contributed by atoms with Crippen molar-refractivity contribution in [2.24, 2.45) is 0 Å². The molecule has 0 radical (unpaired) electrons. The minimum atomic E-state index is -0.263. The molecule has 2 aliphatic rings. The van der Waals surface area contributed by atoms with Gasteiger partial charge >= 0.3 is 5.69 Å². The molecule has 0 aliphatic carbocycles. The van der Waals surface area contributed by atoms with Crippen LogP contribution in [-0.2, 0) is 0 Å². The minimum absolute atomic E-state index is 0.0834. The number of nitrogens with zero attached hydrogens (tertiary/aromatic N) is 7. The number of likely N-dealkylation sites (N-methyl/N-ethyl adjacent to an activating group) is 1. The standard InChI is InChI=1S/C24H32N8O2/c1-29-8-6-18(7-9-29)32-22-17(16-26-24(32)33)15-25-23(28-22)27-20-5-4-19(14-21(20)34-3)31-12-10-30(2)11-13-31/h4-5,14-16,18H,6-13H2,1-3H3,(H,25,27,28). The van der Waals surface area contributed by atoms with E-state index in [9.17, 15) is 4.79 Å². The summed E-state index contributed by atoms with van der Waals surface area (Å²) in [6.45, 7) is 5.95. The van der Waals surface area contributed by atoms with Crippen LogP contribution in [0.25, 0.3) is 11.0 Å². The molecule has 2 saturated heterocycles. The van der Waals surface area contributed by atoms with E-state index in [0.29, 0.717) is 11.6 Å². The lowest BCUT2D eigenvalue weighted by Gasteiger charge is -2.34. The van der Waals surface area contributed by atoms with Crippen LogP contribution in [0.1, 0.15) is 18.9 Å². The maximum absolute atomic E-state index is 12.7. The number of nitrogens with one attached hydrogen (secondary N) is 1. The number of fused-ring (bicyclic) bond motifs is 1. The van der Waals surface area contributed by atoms with Crippen molar-refractivity contribution in [2.45, 2.75) is 18.9 Å². The SMILES string of the molecule is COc1cc(N2CCN(C)CC2)ccc1Nc1ncc2cnc(=O)n(C3CCN(C)CC3)c2n1. The lowest BCUT2D eigenvalue weighted by molar-refractivity contribution is 0.220. The van der Waals surface area contributed by atoms with E-state index in [-0.39, 0.29) is 11.7 Å². The second kappa shape index (κ2) is 9.55. The van der Waals surface area contributed by atoms with Gasteiger partial charge in [0, 0.05) is 56.4 Å². The molecule has 1 aromatic carbocycles. The van der Waals surface area contributed by atoms with E-state index in [1.54, 1.807) is 24.1 Å². The Bertz CT molecular complexity index is 1210. The zero-order chi connectivity index (χ0) is 23.7. The van der Waals surface area contributed by atoms with Crippen LogP contribution in [0.5, 0.6) is 5.75 Å². The molecule has 3 aromatic rings. The lowest BCUT2D eigenvalue weighted by atomic mass is 10.1. The van der Waals surface area contributed by atoms with Gasteiger partial charge in [0.1, 0.15) is 5.75 Å². The van der Waals surface area contributed by atoms with Gasteiger partial charge in [-0.2, -0.15) is 4.98 Å². The van der Waals surface area contributed by atoms with Gasteiger partial charge in [-0.1, -0.05) is 0 Å². The van der Waals surface area contributed by atoms with Crippen LogP contribution in [0, 0.1) is 0 Å². The topological polar surface area (TPSA) is 91.7 Å². The highest BCUT2D eigenvalue weighted by Crippen LogP contribution is 2.32. The molecule has 4 heterocycles. The van der Waals surface area contributed by atoms with Crippen LogP contribution in [0.3, 0.4) is 0 Å². The number of piperazine rings is 1. The Morgan fingerprint density at radius 2 is 1.68 bits per heavy atom. The van der Waals surface area contributed by atoms with Gasteiger partial charge in [-0.3, -0.25) is 4.57 Å². The van der Waals surface area contributed by atoms with Crippen LogP contribution in [0.15, 0.2) is 35.4 Å². The summed E-state index contributed by atoms with van der Waals surface area (Å²) in [5.74, 6) is 1.15. The summed E-state index contributed by atoms with van der Waals surface area (Å²) < 4.78 is 7.42. The highest BCUT2D eigenvalue weighted by atomic mass is 16.5. The van der Waals surface area contributed by atoms with Gasteiger partial charge in [0.05, 0.1) is 18.2 Å². The molecule has 10 nitrogen and oxygen atoms in total. The van der Waals surface area contributed by atoms with Crippen LogP contribution in [0.4, 0.5) is 17.3 Å². The molecule has 0 bridgehead atoms. The second-order valence-electron chi connectivity index (χ2n) is 9.22. The molecular formula is C24H32N8O2. The number of ether oxygens (including phenoxy) is 1. The van der Waals surface area contributed by atoms with E-state index in [1.165, 1.54) is 0 Å². The van der Waals surface area contributed by atoms with E-state index in [2.05, 4.69) is 50.1 Å². The summed E-state index contributed by atoms with van der Waals surface area (Å²) >= 11 is 0. The Morgan fingerprint density at radius 3 is 2.41 bits per heavy atom. The zero-order valence-electron chi connectivity index (χ0n) is 20.1. The molecule has 0 atom stereocenters. The summed E-state index contributed by atoms with van der Waals surface area (Å²) in [6, 6.07) is 6.22. The number of hydrogen-bond acceptors (Lipinski definition) is 9. The molecule has 0 amide bonds. The number of piperidine rings is 1. The fourth-order valence-electron chi connectivity index (χ4n) is 4.75. The molecule has 2 aliphatic heterocycles. The summed E-state index contributed by atoms with van der Waals surface area (Å²) in [4.78, 5) is 33.0. The van der Waals surface area contributed by atoms with Gasteiger partial charge in [0.15, 0.2) is 5.65 Å². The predicted octanol–water partition coefficient (Wildman–Crippen LogP) is 1.96. The van der Waals surface area contributed by atoms with E-state index in [4.69, 9.17) is 9.72 Å². The van der Waals surface area contributed by atoms with E-state index in [0.717, 1.165) is 74.6 Å². The summed E-state index contributed by atoms with van der Waals surface area (Å²) in [5, 5.41) is 4.04. The van der Waals surface area contributed by atoms with Crippen molar-refractivity contribution in [3.63, 3.8) is 0 Å². The minimum Gasteiger partial charge on any atom is -0.494 e. The molecule has 0 unspecified atom stereocenters. The van der Waals surface area contributed by atoms with Crippen molar-refractivity contribution >= 4 is 28.4 Å². The molecule has 5 rings (SSSR count). The van der Waals surface area contributed by atoms with Crippen molar-refractivity contribution in [1.29, 1.82) is 0 Å². The van der Waals surface area contributed by atoms with Gasteiger partial charge in [-0.05, 0) is 52.2 Å². The van der Waals surface area contributed by atoms with E-state index >= 15 is 0 Å². The fourth-order valence-corrected chi connectivity index (χ4v) is 4.75. The number of methoxy groups -OCH3 is 1. The highest BCUT2D eigenvalue weighted by Gasteiger charge is 2.22. The van der Waals surface area contributed by atoms with E-state index < -0.39 is 0 Å². The summed E-state index contributed by atoms with van der Waals surface area (Å²) in [7, 11) is 5.92. The van der Waals surface area contributed by atoms with Crippen molar-refractivity contribution in [3.8, 4) is 5.75 Å². The van der Waals surface area contributed by atoms with Crippen LogP contribution < -0.4 is 20.6 Å². The van der Waals surface area contributed by atoms with Gasteiger partial charge in [-0.25, -0.2) is 14.8 Å². The zero-order valence-corrected chi connectivity index (χ0v) is 20.1. The third-order valence-electron chi connectivity index (χ3n) is 6.90. The van der Waals surface area contributed by atoms with Crippen LogP contribution in [-0.4, -0.2) is 89.8 Å². The monoisotopic (exact) mass is 464 g/mol.